The van der Waals surface area contributed by atoms with Crippen molar-refractivity contribution in [2.45, 2.75) is 26.2 Å². The average molecular weight is 435 g/mol. The summed E-state index contributed by atoms with van der Waals surface area (Å²) in [6.07, 6.45) is 2.73. The maximum absolute atomic E-state index is 13.1. The number of aryl methyl sites for hydroxylation is 1. The second-order valence-corrected chi connectivity index (χ2v) is 8.24. The highest BCUT2D eigenvalue weighted by atomic mass is 32.1. The van der Waals surface area contributed by atoms with Gasteiger partial charge in [-0.2, -0.15) is 0 Å². The summed E-state index contributed by atoms with van der Waals surface area (Å²) < 4.78 is 4.98. The lowest BCUT2D eigenvalue weighted by atomic mass is 10.1. The van der Waals surface area contributed by atoms with Crippen LogP contribution in [0, 0.1) is 0 Å². The Labute approximate surface area is 184 Å². The number of anilines is 2. The van der Waals surface area contributed by atoms with Crippen molar-refractivity contribution >= 4 is 39.8 Å². The van der Waals surface area contributed by atoms with E-state index in [1.807, 2.05) is 6.07 Å². The van der Waals surface area contributed by atoms with Crippen LogP contribution >= 0.6 is 11.3 Å². The molecule has 1 aliphatic carbocycles. The molecule has 2 N–H and O–H groups in total. The molecular weight excluding hydrogens is 412 g/mol. The Morgan fingerprint density at radius 3 is 2.35 bits per heavy atom. The first-order valence-electron chi connectivity index (χ1n) is 10.2. The van der Waals surface area contributed by atoms with Gasteiger partial charge < -0.3 is 15.4 Å². The minimum Gasteiger partial charge on any atom is -0.462 e. The smallest absolute Gasteiger partial charge is 0.338 e. The van der Waals surface area contributed by atoms with Crippen molar-refractivity contribution in [1.82, 2.24) is 0 Å². The molecule has 0 saturated carbocycles. The summed E-state index contributed by atoms with van der Waals surface area (Å²) in [5.41, 5.74) is 3.06. The number of amides is 2. The van der Waals surface area contributed by atoms with E-state index in [1.54, 1.807) is 55.5 Å². The van der Waals surface area contributed by atoms with Gasteiger partial charge in [-0.1, -0.05) is 18.2 Å². The van der Waals surface area contributed by atoms with Crippen LogP contribution in [0.4, 0.5) is 10.7 Å². The number of benzene rings is 2. The van der Waals surface area contributed by atoms with Gasteiger partial charge in [0.25, 0.3) is 11.8 Å². The average Bonchev–Trinajstić information content (AvgIpc) is 3.35. The number of carbonyl (C=O) groups is 3. The fourth-order valence-corrected chi connectivity index (χ4v) is 4.88. The quantitative estimate of drug-likeness (QED) is 0.540. The highest BCUT2D eigenvalue weighted by Gasteiger charge is 2.27. The van der Waals surface area contributed by atoms with Crippen molar-refractivity contribution in [3.8, 4) is 0 Å². The molecule has 0 bridgehead atoms. The molecule has 1 aliphatic rings. The van der Waals surface area contributed by atoms with Crippen LogP contribution in [0.5, 0.6) is 0 Å². The van der Waals surface area contributed by atoms with E-state index < -0.39 is 5.97 Å². The van der Waals surface area contributed by atoms with Gasteiger partial charge in [0.15, 0.2) is 0 Å². The Kier molecular flexibility index (Phi) is 6.13. The standard InChI is InChI=1S/C24H22N2O4S/c1-2-30-24(29)16-11-13-17(14-12-16)25-22(28)20-18-9-6-10-19(18)31-23(20)26-21(27)15-7-4-3-5-8-15/h3-5,7-8,11-14H,2,6,9-10H2,1H3,(H,25,28)(H,26,27). The van der Waals surface area contributed by atoms with Gasteiger partial charge in [0.2, 0.25) is 0 Å². The SMILES string of the molecule is CCOC(=O)c1ccc(NC(=O)c2c(NC(=O)c3ccccc3)sc3c2CCC3)cc1. The third-order valence-corrected chi connectivity index (χ3v) is 6.27. The van der Waals surface area contributed by atoms with Crippen molar-refractivity contribution < 1.29 is 19.1 Å². The molecule has 0 radical (unpaired) electrons. The van der Waals surface area contributed by atoms with Crippen LogP contribution in [-0.2, 0) is 17.6 Å². The molecule has 0 atom stereocenters. The van der Waals surface area contributed by atoms with Gasteiger partial charge in [-0.3, -0.25) is 9.59 Å². The number of thiophene rings is 1. The van der Waals surface area contributed by atoms with Gasteiger partial charge in [-0.25, -0.2) is 4.79 Å². The second-order valence-electron chi connectivity index (χ2n) is 7.13. The van der Waals surface area contributed by atoms with E-state index in [-0.39, 0.29) is 11.8 Å². The van der Waals surface area contributed by atoms with Crippen LogP contribution in [0.25, 0.3) is 0 Å². The second kappa shape index (κ2) is 9.14. The molecule has 0 saturated heterocycles. The number of nitrogens with one attached hydrogen (secondary N) is 2. The first kappa shape index (κ1) is 20.8. The third-order valence-electron chi connectivity index (χ3n) is 5.07. The summed E-state index contributed by atoms with van der Waals surface area (Å²) in [6, 6.07) is 15.5. The summed E-state index contributed by atoms with van der Waals surface area (Å²) in [7, 11) is 0. The molecule has 31 heavy (non-hydrogen) atoms. The van der Waals surface area contributed by atoms with Crippen molar-refractivity contribution in [2.24, 2.45) is 0 Å². The molecule has 2 aromatic carbocycles. The van der Waals surface area contributed by atoms with Crippen LogP contribution in [0.3, 0.4) is 0 Å². The van der Waals surface area contributed by atoms with Gasteiger partial charge in [-0.15, -0.1) is 11.3 Å². The van der Waals surface area contributed by atoms with Crippen molar-refractivity contribution in [2.75, 3.05) is 17.2 Å². The van der Waals surface area contributed by atoms with Crippen LogP contribution in [0.2, 0.25) is 0 Å². The van der Waals surface area contributed by atoms with E-state index in [9.17, 15) is 14.4 Å². The predicted octanol–water partition coefficient (Wildman–Crippen LogP) is 4.92. The van der Waals surface area contributed by atoms with Gasteiger partial charge in [0, 0.05) is 16.1 Å². The fourth-order valence-electron chi connectivity index (χ4n) is 3.60. The molecule has 2 amide bonds. The molecule has 4 rings (SSSR count). The normalized spacial score (nSPS) is 12.2. The number of carbonyl (C=O) groups excluding carboxylic acids is 3. The maximum atomic E-state index is 13.1. The lowest BCUT2D eigenvalue weighted by molar-refractivity contribution is 0.0526. The zero-order valence-corrected chi connectivity index (χ0v) is 17.9. The van der Waals surface area contributed by atoms with E-state index in [0.717, 1.165) is 29.7 Å². The molecule has 0 fully saturated rings. The van der Waals surface area contributed by atoms with Crippen molar-refractivity contribution in [1.29, 1.82) is 0 Å². The summed E-state index contributed by atoms with van der Waals surface area (Å²) in [6.45, 7) is 2.05. The van der Waals surface area contributed by atoms with Crippen LogP contribution in [0.1, 0.15) is 54.9 Å². The minimum absolute atomic E-state index is 0.242. The van der Waals surface area contributed by atoms with Crippen LogP contribution in [0.15, 0.2) is 54.6 Å². The lowest BCUT2D eigenvalue weighted by Gasteiger charge is -2.10. The van der Waals surface area contributed by atoms with Crippen LogP contribution in [-0.4, -0.2) is 24.4 Å². The zero-order chi connectivity index (χ0) is 21.8. The lowest BCUT2D eigenvalue weighted by Crippen LogP contribution is -2.18. The number of rotatable bonds is 6. The van der Waals surface area contributed by atoms with Crippen molar-refractivity contribution in [3.05, 3.63) is 81.7 Å². The zero-order valence-electron chi connectivity index (χ0n) is 17.1. The molecule has 7 heteroatoms. The minimum atomic E-state index is -0.401. The van der Waals surface area contributed by atoms with Gasteiger partial charge >= 0.3 is 5.97 Å². The summed E-state index contributed by atoms with van der Waals surface area (Å²) in [5.74, 6) is -0.915. The molecule has 6 nitrogen and oxygen atoms in total. The van der Waals surface area contributed by atoms with E-state index in [0.29, 0.717) is 34.0 Å². The maximum Gasteiger partial charge on any atom is 0.338 e. The van der Waals surface area contributed by atoms with Gasteiger partial charge in [-0.05, 0) is 68.1 Å². The molecule has 0 aliphatic heterocycles. The number of hydrogen-bond acceptors (Lipinski definition) is 5. The molecule has 3 aromatic rings. The molecular formula is C24H22N2O4S. The Balaban J connectivity index is 1.55. The first-order valence-corrected chi connectivity index (χ1v) is 11.0. The number of ether oxygens (including phenoxy) is 1. The van der Waals surface area contributed by atoms with E-state index in [2.05, 4.69) is 10.6 Å². The molecule has 1 heterocycles. The number of fused-ring (bicyclic) bond motifs is 1. The van der Waals surface area contributed by atoms with E-state index in [1.165, 1.54) is 11.3 Å². The Morgan fingerprint density at radius 1 is 0.903 bits per heavy atom. The molecule has 158 valence electrons. The summed E-state index contributed by atoms with van der Waals surface area (Å²) in [5, 5.41) is 6.38. The molecule has 0 unspecified atom stereocenters. The van der Waals surface area contributed by atoms with Crippen LogP contribution < -0.4 is 10.6 Å². The highest BCUT2D eigenvalue weighted by molar-refractivity contribution is 7.17. The van der Waals surface area contributed by atoms with E-state index in [4.69, 9.17) is 4.74 Å². The molecule has 1 aromatic heterocycles. The van der Waals surface area contributed by atoms with Gasteiger partial charge in [0.1, 0.15) is 5.00 Å². The highest BCUT2D eigenvalue weighted by Crippen LogP contribution is 2.39. The third kappa shape index (κ3) is 4.51. The fraction of sp³-hybridized carbons (Fsp3) is 0.208. The summed E-state index contributed by atoms with van der Waals surface area (Å²) >= 11 is 1.47. The number of hydrogen-bond donors (Lipinski definition) is 2. The monoisotopic (exact) mass is 434 g/mol. The molecule has 0 spiro atoms. The largest absolute Gasteiger partial charge is 0.462 e. The topological polar surface area (TPSA) is 84.5 Å². The first-order chi connectivity index (χ1) is 15.1. The van der Waals surface area contributed by atoms with Gasteiger partial charge in [0.05, 0.1) is 17.7 Å². The van der Waals surface area contributed by atoms with Crippen molar-refractivity contribution in [3.63, 3.8) is 0 Å². The Bertz CT molecular complexity index is 1120. The Morgan fingerprint density at radius 2 is 1.65 bits per heavy atom. The Hall–Kier alpha value is -3.45. The van der Waals surface area contributed by atoms with E-state index >= 15 is 0 Å². The number of esters is 1. The predicted molar refractivity (Wildman–Crippen MR) is 121 cm³/mol. The summed E-state index contributed by atoms with van der Waals surface area (Å²) in [4.78, 5) is 38.7.